The first-order chi connectivity index (χ1) is 27.1. The van der Waals surface area contributed by atoms with Crippen molar-refractivity contribution in [2.75, 3.05) is 27.3 Å². The summed E-state index contributed by atoms with van der Waals surface area (Å²) in [5, 5.41) is 16.4. The molecule has 2 aromatic heterocycles. The molecule has 0 spiro atoms. The Labute approximate surface area is 388 Å². The number of hydrazine groups is 1. The number of carbonyl (C=O) groups excluding carboxylic acids is 4. The molecule has 3 N–H and O–H groups in total. The molecule has 1 fully saturated rings. The van der Waals surface area contributed by atoms with E-state index in [1.807, 2.05) is 52.8 Å². The lowest BCUT2D eigenvalue weighted by molar-refractivity contribution is -0.154. The average Bonchev–Trinajstić information content (AvgIpc) is 3.56. The molecule has 338 valence electrons. The minimum absolute atomic E-state index is 0. The van der Waals surface area contributed by atoms with E-state index in [-0.39, 0.29) is 96.6 Å². The lowest BCUT2D eigenvalue weighted by Gasteiger charge is -2.36. The molecule has 0 aliphatic carbocycles. The Morgan fingerprint density at radius 1 is 0.984 bits per heavy atom. The number of aromatic hydroxyl groups is 1. The number of fused-ring (bicyclic) bond motifs is 1. The van der Waals surface area contributed by atoms with E-state index in [0.29, 0.717) is 24.9 Å². The van der Waals surface area contributed by atoms with Crippen molar-refractivity contribution in [3.63, 3.8) is 0 Å². The SMILES string of the molecule is CCn1c(-c2cccnc2[C@H](C)OC)cc2cc(-c3cc(O)cc(C[C@H](NC(=O)[C@H](C(C)C)N(C)C(C)=O)C(=O)N4CCC[C@@H](C(=O)OCC(C)C)N4)c3)ccc21.S.S.S.S. The maximum Gasteiger partial charge on any atom is 0.324 e. The first-order valence-electron chi connectivity index (χ1n) is 19.9. The normalized spacial score (nSPS) is 15.0. The van der Waals surface area contributed by atoms with Gasteiger partial charge in [0.1, 0.15) is 23.9 Å². The minimum Gasteiger partial charge on any atom is -0.508 e. The van der Waals surface area contributed by atoms with Crippen LogP contribution in [0, 0.1) is 11.8 Å². The number of hydrogen-bond donors (Lipinski definition) is 3. The van der Waals surface area contributed by atoms with Gasteiger partial charge in [-0.2, -0.15) is 54.0 Å². The van der Waals surface area contributed by atoms with E-state index in [2.05, 4.69) is 51.5 Å². The summed E-state index contributed by atoms with van der Waals surface area (Å²) in [4.78, 5) is 59.6. The molecule has 0 radical (unpaired) electrons. The summed E-state index contributed by atoms with van der Waals surface area (Å²) < 4.78 is 13.3. The molecule has 0 bridgehead atoms. The Hall–Kier alpha value is -3.87. The topological polar surface area (TPSA) is 155 Å². The van der Waals surface area contributed by atoms with Crippen LogP contribution in [0.25, 0.3) is 33.3 Å². The molecule has 61 heavy (non-hydrogen) atoms. The van der Waals surface area contributed by atoms with Crippen molar-refractivity contribution >= 4 is 88.6 Å². The third kappa shape index (κ3) is 13.3. The van der Waals surface area contributed by atoms with E-state index in [9.17, 15) is 24.3 Å². The van der Waals surface area contributed by atoms with Crippen LogP contribution < -0.4 is 10.7 Å². The van der Waals surface area contributed by atoms with Crippen LogP contribution in [0.4, 0.5) is 0 Å². The van der Waals surface area contributed by atoms with Crippen molar-refractivity contribution in [2.24, 2.45) is 11.8 Å². The molecule has 1 saturated heterocycles. The maximum atomic E-state index is 14.4. The molecule has 0 unspecified atom stereocenters. The third-order valence-corrected chi connectivity index (χ3v) is 10.5. The number of rotatable bonds is 15. The molecular formula is C44H66N6O7S4. The number of amides is 3. The van der Waals surface area contributed by atoms with Gasteiger partial charge in [0.05, 0.1) is 24.1 Å². The second-order valence-corrected chi connectivity index (χ2v) is 15.7. The molecule has 13 nitrogen and oxygen atoms in total. The van der Waals surface area contributed by atoms with Gasteiger partial charge in [0.2, 0.25) is 11.8 Å². The van der Waals surface area contributed by atoms with E-state index >= 15 is 0 Å². The number of methoxy groups -OCH3 is 1. The van der Waals surface area contributed by atoms with Crippen LogP contribution in [0.3, 0.4) is 0 Å². The van der Waals surface area contributed by atoms with Gasteiger partial charge in [-0.25, -0.2) is 5.43 Å². The number of esters is 1. The quantitative estimate of drug-likeness (QED) is 0.114. The van der Waals surface area contributed by atoms with Crippen LogP contribution in [-0.4, -0.2) is 93.7 Å². The Morgan fingerprint density at radius 2 is 1.69 bits per heavy atom. The zero-order valence-electron chi connectivity index (χ0n) is 36.7. The number of nitrogens with one attached hydrogen (secondary N) is 2. The summed E-state index contributed by atoms with van der Waals surface area (Å²) in [5.74, 6) is -1.74. The molecule has 17 heteroatoms. The highest BCUT2D eigenvalue weighted by molar-refractivity contribution is 7.59. The van der Waals surface area contributed by atoms with Gasteiger partial charge < -0.3 is 29.4 Å². The van der Waals surface area contributed by atoms with Crippen molar-refractivity contribution in [3.05, 3.63) is 72.1 Å². The van der Waals surface area contributed by atoms with E-state index in [4.69, 9.17) is 9.47 Å². The number of likely N-dealkylation sites (N-methyl/N-ethyl adjacent to an activating group) is 1. The summed E-state index contributed by atoms with van der Waals surface area (Å²) in [6.07, 6.45) is 2.65. The summed E-state index contributed by atoms with van der Waals surface area (Å²) in [7, 11) is 3.23. The lowest BCUT2D eigenvalue weighted by atomic mass is 9.96. The highest BCUT2D eigenvalue weighted by Gasteiger charge is 2.36. The second kappa shape index (κ2) is 24.7. The highest BCUT2D eigenvalue weighted by Crippen LogP contribution is 2.36. The summed E-state index contributed by atoms with van der Waals surface area (Å²) in [6.45, 7) is 14.4. The Morgan fingerprint density at radius 3 is 2.31 bits per heavy atom. The van der Waals surface area contributed by atoms with Crippen molar-refractivity contribution in [1.82, 2.24) is 30.2 Å². The molecule has 3 heterocycles. The average molecular weight is 919 g/mol. The van der Waals surface area contributed by atoms with Gasteiger partial charge in [-0.1, -0.05) is 39.8 Å². The van der Waals surface area contributed by atoms with Gasteiger partial charge in [-0.3, -0.25) is 29.2 Å². The van der Waals surface area contributed by atoms with Crippen molar-refractivity contribution < 1.29 is 33.8 Å². The van der Waals surface area contributed by atoms with Crippen LogP contribution in [0.1, 0.15) is 78.7 Å². The van der Waals surface area contributed by atoms with Gasteiger partial charge in [-0.05, 0) is 97.7 Å². The second-order valence-electron chi connectivity index (χ2n) is 15.7. The van der Waals surface area contributed by atoms with Gasteiger partial charge in [-0.15, -0.1) is 0 Å². The molecule has 5 rings (SSSR count). The Bertz CT molecular complexity index is 2100. The molecule has 4 aromatic rings. The lowest BCUT2D eigenvalue weighted by Crippen LogP contribution is -2.62. The molecule has 3 amide bonds. The standard InChI is InChI=1S/C44H58N6O7.4H2S/c1-10-49-38-16-15-31(22-33(38)24-39(49)35-13-11-17-45-40(35)28(6)56-9)32-19-30(20-34(52)23-32)21-37(46-42(53)41(27(4)5)48(8)29(7)51)43(54)50-18-12-14-36(47-50)44(55)57-25-26(2)3;;;;/h11,13,15-17,19-20,22-24,26-28,36-37,41,47,52H,10,12,14,18,21,25H2,1-9H3,(H,46,53);4*1H2/t28-,36-,37-,41-;;;;/m0..../s1. The fourth-order valence-corrected chi connectivity index (χ4v) is 7.51. The number of aromatic nitrogens is 2. The van der Waals surface area contributed by atoms with Crippen LogP contribution in [0.2, 0.25) is 0 Å². The molecule has 0 saturated carbocycles. The molecular weight excluding hydrogens is 853 g/mol. The van der Waals surface area contributed by atoms with Crippen LogP contribution in [-0.2, 0) is 41.6 Å². The number of nitrogens with zero attached hydrogens (tertiary/aromatic N) is 4. The number of benzene rings is 2. The molecule has 1 aliphatic rings. The fraction of sp³-hybridized carbons (Fsp3) is 0.477. The van der Waals surface area contributed by atoms with E-state index < -0.39 is 35.9 Å². The number of hydrogen-bond acceptors (Lipinski definition) is 9. The predicted octanol–water partition coefficient (Wildman–Crippen LogP) is 6.48. The van der Waals surface area contributed by atoms with Crippen molar-refractivity contribution in [3.8, 4) is 28.1 Å². The van der Waals surface area contributed by atoms with Gasteiger partial charge >= 0.3 is 5.97 Å². The Kier molecular flexibility index (Phi) is 22.3. The van der Waals surface area contributed by atoms with Gasteiger partial charge in [0.15, 0.2) is 0 Å². The van der Waals surface area contributed by atoms with Gasteiger partial charge in [0, 0.05) is 63.3 Å². The fourth-order valence-electron chi connectivity index (χ4n) is 7.51. The number of carbonyl (C=O) groups is 4. The van der Waals surface area contributed by atoms with Crippen LogP contribution in [0.15, 0.2) is 60.8 Å². The van der Waals surface area contributed by atoms with Gasteiger partial charge in [0.25, 0.3) is 5.91 Å². The predicted molar refractivity (Wildman–Crippen MR) is 261 cm³/mol. The smallest absolute Gasteiger partial charge is 0.324 e. The first-order valence-corrected chi connectivity index (χ1v) is 19.9. The van der Waals surface area contributed by atoms with E-state index in [0.717, 1.165) is 45.5 Å². The monoisotopic (exact) mass is 918 g/mol. The minimum atomic E-state index is -1.10. The summed E-state index contributed by atoms with van der Waals surface area (Å²) >= 11 is 0. The number of aryl methyl sites for hydroxylation is 1. The number of phenolic OH excluding ortho intramolecular Hbond substituents is 1. The third-order valence-electron chi connectivity index (χ3n) is 10.5. The molecule has 4 atom stereocenters. The van der Waals surface area contributed by atoms with Crippen molar-refractivity contribution in [2.45, 2.75) is 98.5 Å². The largest absolute Gasteiger partial charge is 0.508 e. The highest BCUT2D eigenvalue weighted by atomic mass is 32.1. The Balaban J connectivity index is 0.00000465. The van der Waals surface area contributed by atoms with Crippen molar-refractivity contribution in [1.29, 1.82) is 0 Å². The van der Waals surface area contributed by atoms with Crippen LogP contribution >= 0.6 is 54.0 Å². The number of phenols is 1. The summed E-state index contributed by atoms with van der Waals surface area (Å²) in [6, 6.07) is 14.8. The molecule has 1 aliphatic heterocycles. The molecule has 2 aromatic carbocycles. The maximum absolute atomic E-state index is 14.4. The number of pyridine rings is 1. The zero-order valence-corrected chi connectivity index (χ0v) is 40.7. The first kappa shape index (κ1) is 55.1. The summed E-state index contributed by atoms with van der Waals surface area (Å²) in [5.41, 5.74) is 9.12. The number of ether oxygens (including phenoxy) is 2. The van der Waals surface area contributed by atoms with E-state index in [1.54, 1.807) is 32.5 Å². The van der Waals surface area contributed by atoms with E-state index in [1.165, 1.54) is 16.8 Å². The zero-order chi connectivity index (χ0) is 41.6. The van der Waals surface area contributed by atoms with Crippen LogP contribution in [0.5, 0.6) is 5.75 Å².